The molecule has 0 radical (unpaired) electrons. The number of benzene rings is 2. The van der Waals surface area contributed by atoms with Crippen LogP contribution in [0.4, 0.5) is 13.2 Å². The van der Waals surface area contributed by atoms with Gasteiger partial charge in [0.15, 0.2) is 0 Å². The van der Waals surface area contributed by atoms with Crippen LogP contribution in [0.2, 0.25) is 0 Å². The largest absolute Gasteiger partial charge is 0.416 e. The Morgan fingerprint density at radius 1 is 0.857 bits per heavy atom. The average Bonchev–Trinajstić information content (AvgIpc) is 2.47. The summed E-state index contributed by atoms with van der Waals surface area (Å²) in [5, 5.41) is 1.32. The van der Waals surface area contributed by atoms with Crippen molar-refractivity contribution in [3.8, 4) is 5.69 Å². The Balaban J connectivity index is 2.13. The van der Waals surface area contributed by atoms with Crippen LogP contribution in [0.25, 0.3) is 16.5 Å². The quantitative estimate of drug-likeness (QED) is 0.663. The minimum Gasteiger partial charge on any atom is -0.284 e. The van der Waals surface area contributed by atoms with Gasteiger partial charge in [-0.25, -0.2) is 0 Å². The normalized spacial score (nSPS) is 11.8. The summed E-state index contributed by atoms with van der Waals surface area (Å²) in [5.74, 6) is 0. The number of alkyl halides is 3. The van der Waals surface area contributed by atoms with E-state index in [4.69, 9.17) is 0 Å². The summed E-state index contributed by atoms with van der Waals surface area (Å²) in [5.41, 5.74) is -0.591. The fourth-order valence-corrected chi connectivity index (χ4v) is 2.20. The summed E-state index contributed by atoms with van der Waals surface area (Å²) in [6.07, 6.45) is -2.82. The Bertz CT molecular complexity index is 848. The minimum atomic E-state index is -4.38. The average molecular weight is 289 g/mol. The highest BCUT2D eigenvalue weighted by Crippen LogP contribution is 2.29. The van der Waals surface area contributed by atoms with E-state index in [1.54, 1.807) is 24.4 Å². The van der Waals surface area contributed by atoms with Crippen LogP contribution < -0.4 is 5.56 Å². The van der Waals surface area contributed by atoms with Crippen LogP contribution in [-0.4, -0.2) is 4.57 Å². The second-order valence-electron chi connectivity index (χ2n) is 4.62. The molecule has 0 aliphatic heterocycles. The molecule has 1 heterocycles. The molecule has 0 aliphatic rings. The van der Waals surface area contributed by atoms with Gasteiger partial charge in [-0.3, -0.25) is 9.36 Å². The van der Waals surface area contributed by atoms with Gasteiger partial charge in [0.25, 0.3) is 5.56 Å². The van der Waals surface area contributed by atoms with Crippen molar-refractivity contribution in [2.24, 2.45) is 0 Å². The van der Waals surface area contributed by atoms with E-state index in [2.05, 4.69) is 0 Å². The standard InChI is InChI=1S/C16H10F3NO/c17-16(18,19)12-5-7-13(8-6-12)20-10-9-11-3-1-2-4-14(11)15(20)21/h1-10H. The summed E-state index contributed by atoms with van der Waals surface area (Å²) < 4.78 is 39.0. The highest BCUT2D eigenvalue weighted by Gasteiger charge is 2.30. The van der Waals surface area contributed by atoms with E-state index < -0.39 is 11.7 Å². The van der Waals surface area contributed by atoms with Gasteiger partial charge in [0.2, 0.25) is 0 Å². The Labute approximate surface area is 118 Å². The Kier molecular flexibility index (Phi) is 3.05. The monoisotopic (exact) mass is 289 g/mol. The van der Waals surface area contributed by atoms with E-state index in [9.17, 15) is 18.0 Å². The van der Waals surface area contributed by atoms with Crippen LogP contribution in [0.1, 0.15) is 5.56 Å². The van der Waals surface area contributed by atoms with Crippen molar-refractivity contribution in [2.45, 2.75) is 6.18 Å². The first kappa shape index (κ1) is 13.4. The first-order valence-corrected chi connectivity index (χ1v) is 6.25. The number of hydrogen-bond acceptors (Lipinski definition) is 1. The first-order valence-electron chi connectivity index (χ1n) is 6.25. The van der Waals surface area contributed by atoms with Gasteiger partial charge >= 0.3 is 6.18 Å². The lowest BCUT2D eigenvalue weighted by atomic mass is 10.1. The van der Waals surface area contributed by atoms with Crippen molar-refractivity contribution in [1.82, 2.24) is 4.57 Å². The van der Waals surface area contributed by atoms with E-state index in [0.717, 1.165) is 17.5 Å². The predicted molar refractivity (Wildman–Crippen MR) is 74.5 cm³/mol. The zero-order valence-corrected chi connectivity index (χ0v) is 10.8. The number of fused-ring (bicyclic) bond motifs is 1. The van der Waals surface area contributed by atoms with Crippen molar-refractivity contribution < 1.29 is 13.2 Å². The molecular weight excluding hydrogens is 279 g/mol. The lowest BCUT2D eigenvalue weighted by Gasteiger charge is -2.10. The zero-order chi connectivity index (χ0) is 15.0. The van der Waals surface area contributed by atoms with Crippen molar-refractivity contribution >= 4 is 10.8 Å². The van der Waals surface area contributed by atoms with Crippen LogP contribution in [0.15, 0.2) is 65.6 Å². The number of hydrogen-bond donors (Lipinski definition) is 0. The lowest BCUT2D eigenvalue weighted by Crippen LogP contribution is -2.17. The highest BCUT2D eigenvalue weighted by molar-refractivity contribution is 5.81. The van der Waals surface area contributed by atoms with Gasteiger partial charge in [-0.05, 0) is 41.8 Å². The van der Waals surface area contributed by atoms with Crippen molar-refractivity contribution in [2.75, 3.05) is 0 Å². The Hall–Kier alpha value is -2.56. The smallest absolute Gasteiger partial charge is 0.284 e. The maximum atomic E-state index is 12.5. The van der Waals surface area contributed by atoms with Gasteiger partial charge < -0.3 is 0 Å². The molecule has 0 amide bonds. The molecule has 5 heteroatoms. The third kappa shape index (κ3) is 2.42. The van der Waals surface area contributed by atoms with Gasteiger partial charge in [-0.1, -0.05) is 18.2 Å². The van der Waals surface area contributed by atoms with Crippen LogP contribution in [0.5, 0.6) is 0 Å². The summed E-state index contributed by atoms with van der Waals surface area (Å²) in [6, 6.07) is 13.4. The van der Waals surface area contributed by atoms with Crippen LogP contribution >= 0.6 is 0 Å². The molecule has 2 nitrogen and oxygen atoms in total. The van der Waals surface area contributed by atoms with E-state index in [1.807, 2.05) is 12.1 Å². The number of halogens is 3. The first-order chi connectivity index (χ1) is 9.97. The molecule has 21 heavy (non-hydrogen) atoms. The molecule has 2 aromatic carbocycles. The fourth-order valence-electron chi connectivity index (χ4n) is 2.20. The van der Waals surface area contributed by atoms with Gasteiger partial charge in [-0.15, -0.1) is 0 Å². The molecule has 0 bridgehead atoms. The molecular formula is C16H10F3NO. The molecule has 0 saturated heterocycles. The van der Waals surface area contributed by atoms with E-state index in [-0.39, 0.29) is 5.56 Å². The van der Waals surface area contributed by atoms with Crippen molar-refractivity contribution in [1.29, 1.82) is 0 Å². The number of aromatic nitrogens is 1. The number of pyridine rings is 1. The molecule has 0 aliphatic carbocycles. The molecule has 0 spiro atoms. The fraction of sp³-hybridized carbons (Fsp3) is 0.0625. The Morgan fingerprint density at radius 2 is 1.52 bits per heavy atom. The van der Waals surface area contributed by atoms with Gasteiger partial charge in [-0.2, -0.15) is 13.2 Å². The molecule has 0 unspecified atom stereocenters. The molecule has 0 saturated carbocycles. The second kappa shape index (κ2) is 4.77. The Morgan fingerprint density at radius 3 is 2.19 bits per heavy atom. The number of nitrogens with zero attached hydrogens (tertiary/aromatic N) is 1. The lowest BCUT2D eigenvalue weighted by molar-refractivity contribution is -0.137. The maximum Gasteiger partial charge on any atom is 0.416 e. The number of rotatable bonds is 1. The van der Waals surface area contributed by atoms with Gasteiger partial charge in [0.1, 0.15) is 0 Å². The molecule has 3 rings (SSSR count). The van der Waals surface area contributed by atoms with Gasteiger partial charge in [0.05, 0.1) is 5.56 Å². The van der Waals surface area contributed by atoms with E-state index >= 15 is 0 Å². The van der Waals surface area contributed by atoms with Crippen LogP contribution in [0.3, 0.4) is 0 Å². The third-order valence-corrected chi connectivity index (χ3v) is 3.29. The molecule has 0 fully saturated rings. The maximum absolute atomic E-state index is 12.5. The minimum absolute atomic E-state index is 0.257. The second-order valence-corrected chi connectivity index (χ2v) is 4.62. The topological polar surface area (TPSA) is 22.0 Å². The third-order valence-electron chi connectivity index (χ3n) is 3.29. The zero-order valence-electron chi connectivity index (χ0n) is 10.8. The summed E-state index contributed by atoms with van der Waals surface area (Å²) in [7, 11) is 0. The van der Waals surface area contributed by atoms with Crippen LogP contribution in [-0.2, 0) is 6.18 Å². The summed E-state index contributed by atoms with van der Waals surface area (Å²) in [6.45, 7) is 0. The highest BCUT2D eigenvalue weighted by atomic mass is 19.4. The van der Waals surface area contributed by atoms with Gasteiger partial charge in [0, 0.05) is 17.3 Å². The summed E-state index contributed by atoms with van der Waals surface area (Å²) in [4.78, 5) is 12.4. The van der Waals surface area contributed by atoms with Crippen LogP contribution in [0, 0.1) is 0 Å². The molecule has 0 N–H and O–H groups in total. The summed E-state index contributed by atoms with van der Waals surface area (Å²) >= 11 is 0. The van der Waals surface area contributed by atoms with E-state index in [0.29, 0.717) is 11.1 Å². The van der Waals surface area contributed by atoms with E-state index in [1.165, 1.54) is 16.7 Å². The molecule has 1 aromatic heterocycles. The molecule has 3 aromatic rings. The molecule has 106 valence electrons. The van der Waals surface area contributed by atoms with Crippen molar-refractivity contribution in [3.63, 3.8) is 0 Å². The predicted octanol–water partition coefficient (Wildman–Crippen LogP) is 4.01. The van der Waals surface area contributed by atoms with Crippen molar-refractivity contribution in [3.05, 3.63) is 76.7 Å². The molecule has 0 atom stereocenters. The SMILES string of the molecule is O=c1c2ccccc2ccn1-c1ccc(C(F)(F)F)cc1.